The summed E-state index contributed by atoms with van der Waals surface area (Å²) in [6.45, 7) is 9.40. The largest absolute Gasteiger partial charge is 0.305 e. The van der Waals surface area contributed by atoms with Gasteiger partial charge in [-0.2, -0.15) is 0 Å². The maximum Gasteiger partial charge on any atom is 0.115 e. The minimum absolute atomic E-state index is 0.216. The number of aromatic nitrogens is 1. The molecular formula is C15H20N2S. The van der Waals surface area contributed by atoms with E-state index in [1.807, 2.05) is 0 Å². The molecule has 1 heterocycles. The average molecular weight is 260 g/mol. The first-order valence-corrected chi connectivity index (χ1v) is 7.17. The van der Waals surface area contributed by atoms with Crippen LogP contribution in [0.25, 0.3) is 0 Å². The Hall–Kier alpha value is -1.19. The summed E-state index contributed by atoms with van der Waals surface area (Å²) in [6, 6.07) is 8.91. The maximum absolute atomic E-state index is 4.68. The number of aryl methyl sites for hydroxylation is 3. The molecule has 2 aromatic rings. The Balaban J connectivity index is 2.36. The molecule has 0 aliphatic rings. The lowest BCUT2D eigenvalue weighted by Gasteiger charge is -2.16. The monoisotopic (exact) mass is 260 g/mol. The van der Waals surface area contributed by atoms with Crippen molar-refractivity contribution in [1.29, 1.82) is 0 Å². The van der Waals surface area contributed by atoms with Crippen LogP contribution in [-0.2, 0) is 0 Å². The van der Waals surface area contributed by atoms with E-state index in [9.17, 15) is 0 Å². The van der Waals surface area contributed by atoms with Crippen LogP contribution < -0.4 is 5.32 Å². The van der Waals surface area contributed by atoms with Gasteiger partial charge in [-0.15, -0.1) is 11.3 Å². The van der Waals surface area contributed by atoms with Crippen molar-refractivity contribution >= 4 is 11.3 Å². The van der Waals surface area contributed by atoms with Gasteiger partial charge in [-0.25, -0.2) is 4.98 Å². The first-order chi connectivity index (χ1) is 8.61. The highest BCUT2D eigenvalue weighted by molar-refractivity contribution is 7.11. The van der Waals surface area contributed by atoms with E-state index in [0.717, 1.165) is 17.2 Å². The zero-order valence-electron chi connectivity index (χ0n) is 11.4. The number of rotatable bonds is 4. The molecule has 0 saturated heterocycles. The molecule has 0 aliphatic carbocycles. The summed E-state index contributed by atoms with van der Waals surface area (Å²) >= 11 is 1.79. The highest BCUT2D eigenvalue weighted by Gasteiger charge is 2.17. The number of benzene rings is 1. The Morgan fingerprint density at radius 1 is 1.17 bits per heavy atom. The van der Waals surface area contributed by atoms with Gasteiger partial charge in [-0.1, -0.05) is 36.8 Å². The van der Waals surface area contributed by atoms with Crippen LogP contribution in [0.1, 0.15) is 39.7 Å². The average Bonchev–Trinajstić information content (AvgIpc) is 2.68. The molecule has 1 atom stereocenters. The van der Waals surface area contributed by atoms with E-state index in [0.29, 0.717) is 0 Å². The second-order valence-electron chi connectivity index (χ2n) is 4.60. The van der Waals surface area contributed by atoms with Crippen molar-refractivity contribution in [2.24, 2.45) is 0 Å². The Morgan fingerprint density at radius 2 is 1.83 bits per heavy atom. The van der Waals surface area contributed by atoms with Crippen molar-refractivity contribution in [3.8, 4) is 0 Å². The fourth-order valence-corrected chi connectivity index (χ4v) is 2.96. The summed E-state index contributed by atoms with van der Waals surface area (Å²) in [5.74, 6) is 0. The number of hydrogen-bond acceptors (Lipinski definition) is 3. The Labute approximate surface area is 113 Å². The van der Waals surface area contributed by atoms with Crippen LogP contribution >= 0.6 is 11.3 Å². The van der Waals surface area contributed by atoms with E-state index < -0.39 is 0 Å². The summed E-state index contributed by atoms with van der Waals surface area (Å²) in [5, 5.41) is 4.69. The van der Waals surface area contributed by atoms with Crippen molar-refractivity contribution in [2.75, 3.05) is 6.54 Å². The predicted molar refractivity (Wildman–Crippen MR) is 78.3 cm³/mol. The van der Waals surface area contributed by atoms with E-state index in [-0.39, 0.29) is 6.04 Å². The third kappa shape index (κ3) is 2.79. The van der Waals surface area contributed by atoms with Gasteiger partial charge in [0, 0.05) is 4.88 Å². The first kappa shape index (κ1) is 13.2. The highest BCUT2D eigenvalue weighted by Crippen LogP contribution is 2.28. The van der Waals surface area contributed by atoms with Gasteiger partial charge in [0.05, 0.1) is 11.7 Å². The SMILES string of the molecule is CCNC(c1ccc(C)cc1)c1nc(C)c(C)s1. The number of hydrogen-bond donors (Lipinski definition) is 1. The molecule has 1 unspecified atom stereocenters. The summed E-state index contributed by atoms with van der Waals surface area (Å²) in [4.78, 5) is 5.99. The molecule has 0 radical (unpaired) electrons. The molecule has 0 spiro atoms. The van der Waals surface area contributed by atoms with Crippen molar-refractivity contribution in [2.45, 2.75) is 33.7 Å². The molecule has 96 valence electrons. The molecule has 3 heteroatoms. The topological polar surface area (TPSA) is 24.9 Å². The second-order valence-corrected chi connectivity index (χ2v) is 5.83. The van der Waals surface area contributed by atoms with Crippen LogP contribution in [0.15, 0.2) is 24.3 Å². The lowest BCUT2D eigenvalue weighted by atomic mass is 10.1. The lowest BCUT2D eigenvalue weighted by Crippen LogP contribution is -2.21. The van der Waals surface area contributed by atoms with Gasteiger partial charge in [-0.05, 0) is 32.9 Å². The Morgan fingerprint density at radius 3 is 2.33 bits per heavy atom. The molecule has 0 amide bonds. The van der Waals surface area contributed by atoms with Gasteiger partial charge in [0.2, 0.25) is 0 Å². The third-order valence-corrected chi connectivity index (χ3v) is 4.25. The summed E-state index contributed by atoms with van der Waals surface area (Å²) in [5.41, 5.74) is 3.72. The minimum Gasteiger partial charge on any atom is -0.305 e. The van der Waals surface area contributed by atoms with Gasteiger partial charge >= 0.3 is 0 Å². The fraction of sp³-hybridized carbons (Fsp3) is 0.400. The molecule has 2 nitrogen and oxygen atoms in total. The standard InChI is InChI=1S/C15H20N2S/c1-5-16-14(13-8-6-10(2)7-9-13)15-17-11(3)12(4)18-15/h6-9,14,16H,5H2,1-4H3. The minimum atomic E-state index is 0.216. The fourth-order valence-electron chi connectivity index (χ4n) is 1.93. The molecule has 0 saturated carbocycles. The quantitative estimate of drug-likeness (QED) is 0.905. The van der Waals surface area contributed by atoms with Crippen LogP contribution in [0.5, 0.6) is 0 Å². The van der Waals surface area contributed by atoms with Gasteiger partial charge in [0.15, 0.2) is 0 Å². The summed E-state index contributed by atoms with van der Waals surface area (Å²) in [7, 11) is 0. The maximum atomic E-state index is 4.68. The van der Waals surface area contributed by atoms with Crippen LogP contribution in [0.2, 0.25) is 0 Å². The van der Waals surface area contributed by atoms with E-state index in [4.69, 9.17) is 0 Å². The number of thiazole rings is 1. The van der Waals surface area contributed by atoms with Crippen molar-refractivity contribution in [1.82, 2.24) is 10.3 Å². The molecule has 0 fully saturated rings. The van der Waals surface area contributed by atoms with Gasteiger partial charge in [0.1, 0.15) is 5.01 Å². The van der Waals surface area contributed by atoms with Crippen molar-refractivity contribution in [3.05, 3.63) is 51.0 Å². The second kappa shape index (κ2) is 5.63. The molecule has 2 rings (SSSR count). The van der Waals surface area contributed by atoms with E-state index in [1.54, 1.807) is 11.3 Å². The van der Waals surface area contributed by atoms with Gasteiger partial charge in [0.25, 0.3) is 0 Å². The van der Waals surface area contributed by atoms with Crippen molar-refractivity contribution in [3.63, 3.8) is 0 Å². The zero-order chi connectivity index (χ0) is 13.1. The molecule has 1 aromatic carbocycles. The van der Waals surface area contributed by atoms with Crippen LogP contribution in [0.3, 0.4) is 0 Å². The third-order valence-electron chi connectivity index (χ3n) is 3.11. The number of nitrogens with one attached hydrogen (secondary N) is 1. The van der Waals surface area contributed by atoms with E-state index in [2.05, 4.69) is 62.3 Å². The van der Waals surface area contributed by atoms with Gasteiger partial charge < -0.3 is 5.32 Å². The predicted octanol–water partition coefficient (Wildman–Crippen LogP) is 3.77. The van der Waals surface area contributed by atoms with Gasteiger partial charge in [-0.3, -0.25) is 0 Å². The highest BCUT2D eigenvalue weighted by atomic mass is 32.1. The van der Waals surface area contributed by atoms with E-state index in [1.165, 1.54) is 16.0 Å². The Kier molecular flexibility index (Phi) is 4.15. The molecule has 0 bridgehead atoms. The lowest BCUT2D eigenvalue weighted by molar-refractivity contribution is 0.626. The van der Waals surface area contributed by atoms with Crippen LogP contribution in [-0.4, -0.2) is 11.5 Å². The summed E-state index contributed by atoms with van der Waals surface area (Å²) < 4.78 is 0. The zero-order valence-corrected chi connectivity index (χ0v) is 12.3. The van der Waals surface area contributed by atoms with Crippen molar-refractivity contribution < 1.29 is 0 Å². The number of nitrogens with zero attached hydrogens (tertiary/aromatic N) is 1. The normalized spacial score (nSPS) is 12.7. The first-order valence-electron chi connectivity index (χ1n) is 6.35. The molecule has 0 aliphatic heterocycles. The molecule has 1 N–H and O–H groups in total. The van der Waals surface area contributed by atoms with E-state index >= 15 is 0 Å². The Bertz CT molecular complexity index is 494. The molecule has 1 aromatic heterocycles. The summed E-state index contributed by atoms with van der Waals surface area (Å²) in [6.07, 6.45) is 0. The smallest absolute Gasteiger partial charge is 0.115 e. The molecule has 18 heavy (non-hydrogen) atoms. The van der Waals surface area contributed by atoms with Crippen LogP contribution in [0, 0.1) is 20.8 Å². The molecular weight excluding hydrogens is 240 g/mol. The van der Waals surface area contributed by atoms with Crippen LogP contribution in [0.4, 0.5) is 0 Å².